The van der Waals surface area contributed by atoms with Gasteiger partial charge in [0.1, 0.15) is 5.82 Å². The van der Waals surface area contributed by atoms with Gasteiger partial charge in [-0.1, -0.05) is 31.2 Å². The molecule has 24 heavy (non-hydrogen) atoms. The summed E-state index contributed by atoms with van der Waals surface area (Å²) in [6.07, 6.45) is 1.42. The zero-order chi connectivity index (χ0) is 17.1. The lowest BCUT2D eigenvalue weighted by Crippen LogP contribution is -2.21. The predicted molar refractivity (Wildman–Crippen MR) is 91.1 cm³/mol. The van der Waals surface area contributed by atoms with Crippen molar-refractivity contribution >= 4 is 23.2 Å². The van der Waals surface area contributed by atoms with Crippen molar-refractivity contribution in [2.24, 2.45) is 11.8 Å². The first kappa shape index (κ1) is 16.2. The number of carbonyl (C=O) groups excluding carboxylic acids is 2. The van der Waals surface area contributed by atoms with Crippen LogP contribution in [0.25, 0.3) is 0 Å². The summed E-state index contributed by atoms with van der Waals surface area (Å²) in [5.74, 6) is -1.74. The smallest absolute Gasteiger partial charge is 0.228 e. The fourth-order valence-electron chi connectivity index (χ4n) is 2.62. The molecule has 0 aromatic heterocycles. The van der Waals surface area contributed by atoms with E-state index in [0.29, 0.717) is 6.42 Å². The highest BCUT2D eigenvalue weighted by Gasteiger charge is 2.48. The lowest BCUT2D eigenvalue weighted by Gasteiger charge is -2.07. The van der Waals surface area contributed by atoms with Crippen molar-refractivity contribution in [2.75, 3.05) is 10.6 Å². The van der Waals surface area contributed by atoms with Gasteiger partial charge in [-0.2, -0.15) is 0 Å². The normalized spacial score (nSPS) is 18.8. The molecule has 5 heteroatoms. The van der Waals surface area contributed by atoms with Gasteiger partial charge in [-0.15, -0.1) is 0 Å². The minimum atomic E-state index is -0.483. The molecule has 2 aromatic carbocycles. The van der Waals surface area contributed by atoms with Gasteiger partial charge in [-0.05, 0) is 42.7 Å². The Labute approximate surface area is 140 Å². The summed E-state index contributed by atoms with van der Waals surface area (Å²) in [6.45, 7) is 2.07. The van der Waals surface area contributed by atoms with Crippen LogP contribution in [0.1, 0.15) is 18.9 Å². The van der Waals surface area contributed by atoms with E-state index < -0.39 is 11.7 Å². The van der Waals surface area contributed by atoms with Crippen LogP contribution in [0.3, 0.4) is 0 Å². The third-order valence-corrected chi connectivity index (χ3v) is 4.23. The quantitative estimate of drug-likeness (QED) is 0.882. The lowest BCUT2D eigenvalue weighted by atomic mass is 10.1. The molecule has 2 amide bonds. The van der Waals surface area contributed by atoms with Crippen LogP contribution < -0.4 is 10.6 Å². The Morgan fingerprint density at radius 1 is 1.00 bits per heavy atom. The Morgan fingerprint density at radius 3 is 2.25 bits per heavy atom. The highest BCUT2D eigenvalue weighted by atomic mass is 19.1. The van der Waals surface area contributed by atoms with Crippen molar-refractivity contribution < 1.29 is 14.0 Å². The molecule has 0 aliphatic heterocycles. The molecule has 2 unspecified atom stereocenters. The molecule has 0 bridgehead atoms. The fraction of sp³-hybridized carbons (Fsp3) is 0.263. The van der Waals surface area contributed by atoms with Crippen molar-refractivity contribution in [1.82, 2.24) is 0 Å². The summed E-state index contributed by atoms with van der Waals surface area (Å²) in [5, 5.41) is 5.36. The summed E-state index contributed by atoms with van der Waals surface area (Å²) >= 11 is 0. The Kier molecular flexibility index (Phi) is 4.60. The number of aryl methyl sites for hydroxylation is 1. The monoisotopic (exact) mass is 326 g/mol. The SMILES string of the molecule is CCc1ccc(NC(=O)C2CC2C(=O)Nc2ccccc2F)cc1. The van der Waals surface area contributed by atoms with Crippen LogP contribution in [0.2, 0.25) is 0 Å². The Hall–Kier alpha value is -2.69. The van der Waals surface area contributed by atoms with Crippen molar-refractivity contribution in [3.63, 3.8) is 0 Å². The molecule has 0 heterocycles. The second-order valence-electron chi connectivity index (χ2n) is 5.96. The van der Waals surface area contributed by atoms with Gasteiger partial charge in [-0.25, -0.2) is 4.39 Å². The molecule has 0 saturated heterocycles. The topological polar surface area (TPSA) is 58.2 Å². The standard InChI is InChI=1S/C19H19FN2O2/c1-2-12-7-9-13(10-8-12)21-18(23)14-11-15(14)19(24)22-17-6-4-3-5-16(17)20/h3-10,14-15H,2,11H2,1H3,(H,21,23)(H,22,24). The van der Waals surface area contributed by atoms with Crippen LogP contribution in [-0.2, 0) is 16.0 Å². The Morgan fingerprint density at radius 2 is 1.62 bits per heavy atom. The van der Waals surface area contributed by atoms with Gasteiger partial charge in [0.25, 0.3) is 0 Å². The molecule has 4 nitrogen and oxygen atoms in total. The fourth-order valence-corrected chi connectivity index (χ4v) is 2.62. The summed E-state index contributed by atoms with van der Waals surface area (Å²) in [4.78, 5) is 24.3. The van der Waals surface area contributed by atoms with Crippen LogP contribution in [-0.4, -0.2) is 11.8 Å². The van der Waals surface area contributed by atoms with E-state index >= 15 is 0 Å². The van der Waals surface area contributed by atoms with E-state index in [1.165, 1.54) is 17.7 Å². The number of halogens is 1. The van der Waals surface area contributed by atoms with Crippen molar-refractivity contribution in [3.05, 3.63) is 59.9 Å². The zero-order valence-corrected chi connectivity index (χ0v) is 13.4. The first-order valence-corrected chi connectivity index (χ1v) is 8.03. The Balaban J connectivity index is 1.55. The molecular formula is C19H19FN2O2. The van der Waals surface area contributed by atoms with Crippen molar-refractivity contribution in [1.29, 1.82) is 0 Å². The molecule has 3 rings (SSSR count). The van der Waals surface area contributed by atoms with Crippen LogP contribution in [0.15, 0.2) is 48.5 Å². The van der Waals surface area contributed by atoms with Gasteiger partial charge < -0.3 is 10.6 Å². The van der Waals surface area contributed by atoms with Crippen molar-refractivity contribution in [2.45, 2.75) is 19.8 Å². The first-order valence-electron chi connectivity index (χ1n) is 8.03. The molecule has 0 radical (unpaired) electrons. The molecule has 1 fully saturated rings. The van der Waals surface area contributed by atoms with E-state index in [9.17, 15) is 14.0 Å². The average Bonchev–Trinajstić information content (AvgIpc) is 3.38. The molecular weight excluding hydrogens is 307 g/mol. The van der Waals surface area contributed by atoms with Gasteiger partial charge in [0, 0.05) is 5.69 Å². The van der Waals surface area contributed by atoms with Gasteiger partial charge >= 0.3 is 0 Å². The second-order valence-corrected chi connectivity index (χ2v) is 5.96. The summed E-state index contributed by atoms with van der Waals surface area (Å²) in [5.41, 5.74) is 2.06. The van der Waals surface area contributed by atoms with Crippen molar-refractivity contribution in [3.8, 4) is 0 Å². The predicted octanol–water partition coefficient (Wildman–Crippen LogP) is 3.60. The molecule has 0 spiro atoms. The molecule has 1 aliphatic carbocycles. The van der Waals surface area contributed by atoms with E-state index in [1.807, 2.05) is 24.3 Å². The Bertz CT molecular complexity index is 758. The minimum absolute atomic E-state index is 0.142. The van der Waals surface area contributed by atoms with Crippen LogP contribution in [0.5, 0.6) is 0 Å². The van der Waals surface area contributed by atoms with Gasteiger partial charge in [0.2, 0.25) is 11.8 Å². The third-order valence-electron chi connectivity index (χ3n) is 4.23. The zero-order valence-electron chi connectivity index (χ0n) is 13.4. The maximum atomic E-state index is 13.5. The average molecular weight is 326 g/mol. The number of hydrogen-bond acceptors (Lipinski definition) is 2. The largest absolute Gasteiger partial charge is 0.326 e. The van der Waals surface area contributed by atoms with Gasteiger partial charge in [0.15, 0.2) is 0 Å². The molecule has 2 N–H and O–H groups in total. The molecule has 2 atom stereocenters. The second kappa shape index (κ2) is 6.83. The molecule has 1 saturated carbocycles. The van der Waals surface area contributed by atoms with E-state index in [-0.39, 0.29) is 23.4 Å². The summed E-state index contributed by atoms with van der Waals surface area (Å²) in [7, 11) is 0. The summed E-state index contributed by atoms with van der Waals surface area (Å²) in [6, 6.07) is 13.6. The first-order chi connectivity index (χ1) is 11.6. The van der Waals surface area contributed by atoms with E-state index in [2.05, 4.69) is 17.6 Å². The number of hydrogen-bond donors (Lipinski definition) is 2. The number of carbonyl (C=O) groups is 2. The number of amides is 2. The minimum Gasteiger partial charge on any atom is -0.326 e. The third kappa shape index (κ3) is 3.62. The number of benzene rings is 2. The number of para-hydroxylation sites is 1. The summed E-state index contributed by atoms with van der Waals surface area (Å²) < 4.78 is 13.5. The van der Waals surface area contributed by atoms with Crippen LogP contribution in [0.4, 0.5) is 15.8 Å². The van der Waals surface area contributed by atoms with E-state index in [4.69, 9.17) is 0 Å². The highest BCUT2D eigenvalue weighted by Crippen LogP contribution is 2.40. The highest BCUT2D eigenvalue weighted by molar-refractivity contribution is 6.03. The molecule has 124 valence electrons. The number of rotatable bonds is 5. The maximum Gasteiger partial charge on any atom is 0.228 e. The van der Waals surface area contributed by atoms with Crippen LogP contribution in [0, 0.1) is 17.7 Å². The maximum absolute atomic E-state index is 13.5. The molecule has 2 aromatic rings. The lowest BCUT2D eigenvalue weighted by molar-refractivity contribution is -0.122. The van der Waals surface area contributed by atoms with E-state index in [0.717, 1.165) is 12.1 Å². The number of anilines is 2. The van der Waals surface area contributed by atoms with Crippen LogP contribution >= 0.6 is 0 Å². The molecule has 1 aliphatic rings. The van der Waals surface area contributed by atoms with E-state index in [1.54, 1.807) is 12.1 Å². The number of nitrogens with one attached hydrogen (secondary N) is 2. The van der Waals surface area contributed by atoms with Gasteiger partial charge in [0.05, 0.1) is 17.5 Å². The van der Waals surface area contributed by atoms with Gasteiger partial charge in [-0.3, -0.25) is 9.59 Å².